The third-order valence-corrected chi connectivity index (χ3v) is 4.21. The standard InChI is InChI=1S/C20H29N3O5/c1-4-27-17-8-6-5-7-15(17)22-12-18(24)23-10-9-21-20(26)16(23)11-19(25)28-13-14(2)3/h5-8,14,16,22H,4,9-13H2,1-3H3,(H,21,26). The van der Waals surface area contributed by atoms with Gasteiger partial charge in [0.05, 0.1) is 31.9 Å². The zero-order valence-electron chi connectivity index (χ0n) is 16.7. The molecule has 0 saturated carbocycles. The van der Waals surface area contributed by atoms with E-state index >= 15 is 0 Å². The minimum Gasteiger partial charge on any atom is -0.492 e. The van der Waals surface area contributed by atoms with Gasteiger partial charge in [-0.2, -0.15) is 0 Å². The van der Waals surface area contributed by atoms with Crippen LogP contribution in [0.15, 0.2) is 24.3 Å². The van der Waals surface area contributed by atoms with Crippen molar-refractivity contribution in [1.29, 1.82) is 0 Å². The van der Waals surface area contributed by atoms with Crippen LogP contribution < -0.4 is 15.4 Å². The van der Waals surface area contributed by atoms with E-state index < -0.39 is 12.0 Å². The number of carbonyl (C=O) groups excluding carboxylic acids is 3. The molecule has 1 saturated heterocycles. The van der Waals surface area contributed by atoms with Crippen LogP contribution in [0.5, 0.6) is 5.75 Å². The average Bonchev–Trinajstić information content (AvgIpc) is 2.67. The Kier molecular flexibility index (Phi) is 8.10. The Balaban J connectivity index is 1.99. The molecule has 8 heteroatoms. The number of anilines is 1. The van der Waals surface area contributed by atoms with Crippen LogP contribution in [-0.2, 0) is 19.1 Å². The van der Waals surface area contributed by atoms with E-state index in [1.165, 1.54) is 4.90 Å². The quantitative estimate of drug-likeness (QED) is 0.618. The van der Waals surface area contributed by atoms with E-state index in [-0.39, 0.29) is 37.3 Å². The summed E-state index contributed by atoms with van der Waals surface area (Å²) in [6, 6.07) is 6.48. The Morgan fingerprint density at radius 2 is 2.07 bits per heavy atom. The van der Waals surface area contributed by atoms with Crippen LogP contribution in [-0.4, -0.2) is 61.6 Å². The molecule has 1 aromatic rings. The number of amides is 2. The fraction of sp³-hybridized carbons (Fsp3) is 0.550. The highest BCUT2D eigenvalue weighted by Crippen LogP contribution is 2.23. The molecule has 1 atom stereocenters. The van der Waals surface area contributed by atoms with Crippen LogP contribution in [0.25, 0.3) is 0 Å². The van der Waals surface area contributed by atoms with Gasteiger partial charge in [-0.25, -0.2) is 0 Å². The second kappa shape index (κ2) is 10.5. The third kappa shape index (κ3) is 6.14. The van der Waals surface area contributed by atoms with E-state index in [2.05, 4.69) is 10.6 Å². The lowest BCUT2D eigenvalue weighted by Gasteiger charge is -2.34. The second-order valence-corrected chi connectivity index (χ2v) is 6.96. The molecule has 1 heterocycles. The molecular weight excluding hydrogens is 362 g/mol. The number of rotatable bonds is 9. The van der Waals surface area contributed by atoms with Gasteiger partial charge in [-0.3, -0.25) is 14.4 Å². The second-order valence-electron chi connectivity index (χ2n) is 6.96. The summed E-state index contributed by atoms with van der Waals surface area (Å²) in [5.74, 6) is -0.221. The number of hydrogen-bond donors (Lipinski definition) is 2. The van der Waals surface area contributed by atoms with Gasteiger partial charge in [-0.15, -0.1) is 0 Å². The Morgan fingerprint density at radius 3 is 2.79 bits per heavy atom. The van der Waals surface area contributed by atoms with Crippen molar-refractivity contribution in [2.24, 2.45) is 5.92 Å². The normalized spacial score (nSPS) is 16.5. The lowest BCUT2D eigenvalue weighted by atomic mass is 10.1. The monoisotopic (exact) mass is 391 g/mol. The molecule has 2 amide bonds. The van der Waals surface area contributed by atoms with Gasteiger partial charge in [0.2, 0.25) is 11.8 Å². The highest BCUT2D eigenvalue weighted by atomic mass is 16.5. The van der Waals surface area contributed by atoms with E-state index in [1.807, 2.05) is 45.0 Å². The van der Waals surface area contributed by atoms with E-state index in [1.54, 1.807) is 0 Å². The number of ether oxygens (including phenoxy) is 2. The minimum absolute atomic E-state index is 0.00505. The first kappa shape index (κ1) is 21.5. The number of hydrogen-bond acceptors (Lipinski definition) is 6. The summed E-state index contributed by atoms with van der Waals surface area (Å²) in [5.41, 5.74) is 0.701. The maximum atomic E-state index is 12.7. The smallest absolute Gasteiger partial charge is 0.308 e. The molecule has 0 spiro atoms. The van der Waals surface area contributed by atoms with Crippen molar-refractivity contribution in [2.75, 3.05) is 38.2 Å². The van der Waals surface area contributed by atoms with Gasteiger partial charge in [0.1, 0.15) is 11.8 Å². The first-order chi connectivity index (χ1) is 13.4. The topological polar surface area (TPSA) is 97.0 Å². The average molecular weight is 391 g/mol. The molecule has 1 fully saturated rings. The van der Waals surface area contributed by atoms with Crippen LogP contribution in [0.3, 0.4) is 0 Å². The molecule has 28 heavy (non-hydrogen) atoms. The first-order valence-electron chi connectivity index (χ1n) is 9.60. The molecule has 2 N–H and O–H groups in total. The lowest BCUT2D eigenvalue weighted by molar-refractivity contribution is -0.152. The Hall–Kier alpha value is -2.77. The Morgan fingerprint density at radius 1 is 1.32 bits per heavy atom. The van der Waals surface area contributed by atoms with Crippen molar-refractivity contribution in [3.63, 3.8) is 0 Å². The predicted octanol–water partition coefficient (Wildman–Crippen LogP) is 1.41. The minimum atomic E-state index is -0.857. The highest BCUT2D eigenvalue weighted by Gasteiger charge is 2.35. The molecule has 2 rings (SSSR count). The van der Waals surface area contributed by atoms with E-state index in [4.69, 9.17) is 9.47 Å². The Bertz CT molecular complexity index is 692. The van der Waals surface area contributed by atoms with E-state index in [0.717, 1.165) is 0 Å². The Labute approximate surface area is 165 Å². The number of para-hydroxylation sites is 2. The maximum Gasteiger partial charge on any atom is 0.308 e. The predicted molar refractivity (Wildman–Crippen MR) is 105 cm³/mol. The van der Waals surface area contributed by atoms with Gasteiger partial charge in [0, 0.05) is 13.1 Å². The number of carbonyl (C=O) groups is 3. The summed E-state index contributed by atoms with van der Waals surface area (Å²) in [4.78, 5) is 38.5. The fourth-order valence-corrected chi connectivity index (χ4v) is 2.86. The number of esters is 1. The third-order valence-electron chi connectivity index (χ3n) is 4.21. The van der Waals surface area contributed by atoms with Crippen molar-refractivity contribution in [2.45, 2.75) is 33.2 Å². The first-order valence-corrected chi connectivity index (χ1v) is 9.60. The molecule has 1 aromatic carbocycles. The summed E-state index contributed by atoms with van der Waals surface area (Å²) in [6.07, 6.45) is -0.153. The lowest BCUT2D eigenvalue weighted by Crippen LogP contribution is -2.58. The number of piperazine rings is 1. The van der Waals surface area contributed by atoms with Gasteiger partial charge in [-0.05, 0) is 25.0 Å². The van der Waals surface area contributed by atoms with Gasteiger partial charge in [-0.1, -0.05) is 26.0 Å². The molecule has 1 aliphatic rings. The largest absolute Gasteiger partial charge is 0.492 e. The van der Waals surface area contributed by atoms with Gasteiger partial charge in [0.15, 0.2) is 0 Å². The van der Waals surface area contributed by atoms with Crippen molar-refractivity contribution < 1.29 is 23.9 Å². The van der Waals surface area contributed by atoms with Crippen LogP contribution in [0.4, 0.5) is 5.69 Å². The maximum absolute atomic E-state index is 12.7. The van der Waals surface area contributed by atoms with Gasteiger partial charge >= 0.3 is 5.97 Å². The molecule has 0 bridgehead atoms. The molecular formula is C20H29N3O5. The molecule has 8 nitrogen and oxygen atoms in total. The van der Waals surface area contributed by atoms with Crippen LogP contribution in [0, 0.1) is 5.92 Å². The van der Waals surface area contributed by atoms with Crippen LogP contribution >= 0.6 is 0 Å². The molecule has 0 aliphatic carbocycles. The zero-order valence-corrected chi connectivity index (χ0v) is 16.7. The number of nitrogens with zero attached hydrogens (tertiary/aromatic N) is 1. The van der Waals surface area contributed by atoms with Gasteiger partial charge < -0.3 is 25.0 Å². The molecule has 0 aromatic heterocycles. The molecule has 1 unspecified atom stereocenters. The summed E-state index contributed by atoms with van der Waals surface area (Å²) >= 11 is 0. The van der Waals surface area contributed by atoms with Gasteiger partial charge in [0.25, 0.3) is 0 Å². The molecule has 154 valence electrons. The molecule has 0 radical (unpaired) electrons. The van der Waals surface area contributed by atoms with Crippen molar-refractivity contribution in [3.05, 3.63) is 24.3 Å². The SMILES string of the molecule is CCOc1ccccc1NCC(=O)N1CCNC(=O)C1CC(=O)OCC(C)C. The van der Waals surface area contributed by atoms with Crippen molar-refractivity contribution >= 4 is 23.5 Å². The molecule has 1 aliphatic heterocycles. The van der Waals surface area contributed by atoms with Crippen LogP contribution in [0.1, 0.15) is 27.2 Å². The van der Waals surface area contributed by atoms with E-state index in [9.17, 15) is 14.4 Å². The fourth-order valence-electron chi connectivity index (χ4n) is 2.86. The highest BCUT2D eigenvalue weighted by molar-refractivity contribution is 5.93. The summed E-state index contributed by atoms with van der Waals surface area (Å²) in [6.45, 7) is 7.26. The zero-order chi connectivity index (χ0) is 20.5. The summed E-state index contributed by atoms with van der Waals surface area (Å²) in [7, 11) is 0. The number of nitrogens with one attached hydrogen (secondary N) is 2. The van der Waals surface area contributed by atoms with E-state index in [0.29, 0.717) is 31.1 Å². The summed E-state index contributed by atoms with van der Waals surface area (Å²) in [5, 5.41) is 5.77. The van der Waals surface area contributed by atoms with Crippen molar-refractivity contribution in [3.8, 4) is 5.75 Å². The summed E-state index contributed by atoms with van der Waals surface area (Å²) < 4.78 is 10.7. The number of benzene rings is 1. The van der Waals surface area contributed by atoms with Crippen molar-refractivity contribution in [1.82, 2.24) is 10.2 Å². The van der Waals surface area contributed by atoms with Crippen LogP contribution in [0.2, 0.25) is 0 Å².